The van der Waals surface area contributed by atoms with Crippen molar-refractivity contribution in [3.05, 3.63) is 21.3 Å². The van der Waals surface area contributed by atoms with Crippen molar-refractivity contribution in [2.45, 2.75) is 50.7 Å². The molecule has 1 saturated carbocycles. The monoisotopic (exact) mass is 273 g/mol. The van der Waals surface area contributed by atoms with E-state index in [0.29, 0.717) is 0 Å². The Kier molecular flexibility index (Phi) is 4.47. The second-order valence-electron chi connectivity index (χ2n) is 4.67. The van der Waals surface area contributed by atoms with Crippen molar-refractivity contribution in [3.63, 3.8) is 0 Å². The SMILES string of the molecule is CCOC1(C(N)c2sccc2Cl)CCCCC1. The summed E-state index contributed by atoms with van der Waals surface area (Å²) in [5.74, 6) is 0. The molecule has 0 aliphatic heterocycles. The molecule has 2 N–H and O–H groups in total. The molecule has 1 fully saturated rings. The highest BCUT2D eigenvalue weighted by Gasteiger charge is 2.40. The molecule has 1 atom stereocenters. The third-order valence-corrected chi connectivity index (χ3v) is 5.07. The third kappa shape index (κ3) is 2.68. The number of hydrogen-bond donors (Lipinski definition) is 1. The van der Waals surface area contributed by atoms with E-state index in [-0.39, 0.29) is 11.6 Å². The lowest BCUT2D eigenvalue weighted by molar-refractivity contribution is -0.0823. The van der Waals surface area contributed by atoms with Gasteiger partial charge in [-0.15, -0.1) is 11.3 Å². The molecule has 0 radical (unpaired) electrons. The topological polar surface area (TPSA) is 35.2 Å². The van der Waals surface area contributed by atoms with E-state index in [1.54, 1.807) is 11.3 Å². The van der Waals surface area contributed by atoms with Crippen LogP contribution in [0.2, 0.25) is 5.02 Å². The van der Waals surface area contributed by atoms with Crippen LogP contribution in [0.5, 0.6) is 0 Å². The zero-order chi connectivity index (χ0) is 12.3. The first kappa shape index (κ1) is 13.3. The first-order valence-corrected chi connectivity index (χ1v) is 7.58. The lowest BCUT2D eigenvalue weighted by Crippen LogP contribution is -2.45. The summed E-state index contributed by atoms with van der Waals surface area (Å²) in [4.78, 5) is 1.07. The Morgan fingerprint density at radius 3 is 2.71 bits per heavy atom. The fourth-order valence-corrected chi connectivity index (χ4v) is 4.03. The molecule has 96 valence electrons. The van der Waals surface area contributed by atoms with E-state index in [4.69, 9.17) is 22.1 Å². The number of rotatable bonds is 4. The van der Waals surface area contributed by atoms with Gasteiger partial charge in [-0.1, -0.05) is 30.9 Å². The molecule has 0 spiro atoms. The number of hydrogen-bond acceptors (Lipinski definition) is 3. The predicted molar refractivity (Wildman–Crippen MR) is 73.7 cm³/mol. The van der Waals surface area contributed by atoms with Crippen LogP contribution in [0.1, 0.15) is 49.9 Å². The Morgan fingerprint density at radius 2 is 2.18 bits per heavy atom. The number of halogens is 1. The molecule has 0 saturated heterocycles. The standard InChI is InChI=1S/C13H20ClNOS/c1-2-16-13(7-4-3-5-8-13)12(15)11-10(14)6-9-17-11/h6,9,12H,2-5,7-8,15H2,1H3. The average molecular weight is 274 g/mol. The molecule has 1 aromatic rings. The van der Waals surface area contributed by atoms with Crippen LogP contribution in [0.3, 0.4) is 0 Å². The van der Waals surface area contributed by atoms with Gasteiger partial charge in [-0.3, -0.25) is 0 Å². The molecular weight excluding hydrogens is 254 g/mol. The summed E-state index contributed by atoms with van der Waals surface area (Å²) < 4.78 is 6.03. The molecule has 1 aliphatic carbocycles. The highest BCUT2D eigenvalue weighted by Crippen LogP contribution is 2.43. The van der Waals surface area contributed by atoms with Crippen LogP contribution in [-0.4, -0.2) is 12.2 Å². The molecule has 1 unspecified atom stereocenters. The summed E-state index contributed by atoms with van der Waals surface area (Å²) in [7, 11) is 0. The first-order valence-electron chi connectivity index (χ1n) is 6.32. The molecule has 0 aromatic carbocycles. The van der Waals surface area contributed by atoms with Gasteiger partial charge in [0.25, 0.3) is 0 Å². The Balaban J connectivity index is 2.23. The van der Waals surface area contributed by atoms with Crippen LogP contribution < -0.4 is 5.73 Å². The van der Waals surface area contributed by atoms with E-state index in [0.717, 1.165) is 29.3 Å². The summed E-state index contributed by atoms with van der Waals surface area (Å²) >= 11 is 7.83. The molecule has 2 rings (SSSR count). The van der Waals surface area contributed by atoms with Gasteiger partial charge in [0.15, 0.2) is 0 Å². The van der Waals surface area contributed by atoms with Gasteiger partial charge in [0, 0.05) is 11.5 Å². The molecule has 0 amide bonds. The van der Waals surface area contributed by atoms with Gasteiger partial charge in [0.05, 0.1) is 16.7 Å². The first-order chi connectivity index (χ1) is 8.19. The van der Waals surface area contributed by atoms with Crippen molar-refractivity contribution in [3.8, 4) is 0 Å². The molecule has 1 aliphatic rings. The molecule has 0 bridgehead atoms. The Bertz CT molecular complexity index is 355. The van der Waals surface area contributed by atoms with E-state index >= 15 is 0 Å². The van der Waals surface area contributed by atoms with Gasteiger partial charge in [0.1, 0.15) is 0 Å². The fraction of sp³-hybridized carbons (Fsp3) is 0.692. The van der Waals surface area contributed by atoms with Crippen molar-refractivity contribution < 1.29 is 4.74 Å². The van der Waals surface area contributed by atoms with Crippen LogP contribution in [0.25, 0.3) is 0 Å². The minimum atomic E-state index is -0.193. The van der Waals surface area contributed by atoms with Crippen molar-refractivity contribution in [2.24, 2.45) is 5.73 Å². The van der Waals surface area contributed by atoms with E-state index in [1.807, 2.05) is 18.4 Å². The highest BCUT2D eigenvalue weighted by atomic mass is 35.5. The summed E-state index contributed by atoms with van der Waals surface area (Å²) in [6, 6.07) is 1.83. The zero-order valence-corrected chi connectivity index (χ0v) is 11.8. The second-order valence-corrected chi connectivity index (χ2v) is 6.02. The lowest BCUT2D eigenvalue weighted by atomic mass is 9.79. The second kappa shape index (κ2) is 5.70. The van der Waals surface area contributed by atoms with Gasteiger partial charge in [-0.2, -0.15) is 0 Å². The van der Waals surface area contributed by atoms with E-state index in [9.17, 15) is 0 Å². The fourth-order valence-electron chi connectivity index (χ4n) is 2.75. The summed E-state index contributed by atoms with van der Waals surface area (Å²) in [6.07, 6.45) is 5.81. The van der Waals surface area contributed by atoms with Crippen molar-refractivity contribution in [1.29, 1.82) is 0 Å². The summed E-state index contributed by atoms with van der Waals surface area (Å²) in [6.45, 7) is 2.76. The van der Waals surface area contributed by atoms with Crippen LogP contribution >= 0.6 is 22.9 Å². The zero-order valence-electron chi connectivity index (χ0n) is 10.2. The summed E-state index contributed by atoms with van der Waals surface area (Å²) in [5.41, 5.74) is 6.24. The van der Waals surface area contributed by atoms with Gasteiger partial charge >= 0.3 is 0 Å². The van der Waals surface area contributed by atoms with Crippen molar-refractivity contribution >= 4 is 22.9 Å². The minimum Gasteiger partial charge on any atom is -0.373 e. The number of ether oxygens (including phenoxy) is 1. The van der Waals surface area contributed by atoms with Gasteiger partial charge in [0.2, 0.25) is 0 Å². The Hall–Kier alpha value is -0.0900. The molecule has 4 heteroatoms. The van der Waals surface area contributed by atoms with Crippen molar-refractivity contribution in [1.82, 2.24) is 0 Å². The Labute approximate surface area is 112 Å². The Morgan fingerprint density at radius 1 is 1.47 bits per heavy atom. The molecule has 1 heterocycles. The molecule has 1 aromatic heterocycles. The maximum atomic E-state index is 6.44. The summed E-state index contributed by atoms with van der Waals surface area (Å²) in [5, 5.41) is 2.78. The number of nitrogens with two attached hydrogens (primary N) is 1. The van der Waals surface area contributed by atoms with E-state index in [1.165, 1.54) is 19.3 Å². The van der Waals surface area contributed by atoms with E-state index in [2.05, 4.69) is 0 Å². The highest BCUT2D eigenvalue weighted by molar-refractivity contribution is 7.10. The van der Waals surface area contributed by atoms with Crippen LogP contribution in [0, 0.1) is 0 Å². The third-order valence-electron chi connectivity index (χ3n) is 3.63. The number of thiophene rings is 1. The smallest absolute Gasteiger partial charge is 0.0882 e. The van der Waals surface area contributed by atoms with E-state index < -0.39 is 0 Å². The lowest BCUT2D eigenvalue weighted by Gasteiger charge is -2.41. The van der Waals surface area contributed by atoms with Gasteiger partial charge in [-0.05, 0) is 31.2 Å². The van der Waals surface area contributed by atoms with Gasteiger partial charge < -0.3 is 10.5 Å². The molecular formula is C13H20ClNOS. The predicted octanol–water partition coefficient (Wildman–Crippen LogP) is 4.14. The largest absolute Gasteiger partial charge is 0.373 e. The van der Waals surface area contributed by atoms with Crippen molar-refractivity contribution in [2.75, 3.05) is 6.61 Å². The molecule has 2 nitrogen and oxygen atoms in total. The molecule has 17 heavy (non-hydrogen) atoms. The normalized spacial score (nSPS) is 21.4. The minimum absolute atomic E-state index is 0.0877. The van der Waals surface area contributed by atoms with Crippen LogP contribution in [0.15, 0.2) is 11.4 Å². The van der Waals surface area contributed by atoms with Crippen LogP contribution in [0.4, 0.5) is 0 Å². The van der Waals surface area contributed by atoms with Gasteiger partial charge in [-0.25, -0.2) is 0 Å². The average Bonchev–Trinajstić information content (AvgIpc) is 2.76. The van der Waals surface area contributed by atoms with Crippen LogP contribution in [-0.2, 0) is 4.74 Å². The maximum Gasteiger partial charge on any atom is 0.0882 e. The maximum absolute atomic E-state index is 6.44. The quantitative estimate of drug-likeness (QED) is 0.895.